The van der Waals surface area contributed by atoms with Crippen LogP contribution in [0.2, 0.25) is 10.0 Å². The molecular formula is C23H20Cl2N2O5S. The number of amides is 1. The van der Waals surface area contributed by atoms with Crippen molar-refractivity contribution in [3.05, 3.63) is 81.8 Å². The molecular weight excluding hydrogens is 487 g/mol. The molecule has 1 heterocycles. The number of benzene rings is 3. The third-order valence-electron chi connectivity index (χ3n) is 4.98. The van der Waals surface area contributed by atoms with Gasteiger partial charge in [-0.3, -0.25) is 9.10 Å². The van der Waals surface area contributed by atoms with Crippen molar-refractivity contribution < 1.29 is 22.7 Å². The predicted octanol–water partition coefficient (Wildman–Crippen LogP) is 4.98. The summed E-state index contributed by atoms with van der Waals surface area (Å²) in [6.07, 6.45) is 1.10. The van der Waals surface area contributed by atoms with Crippen LogP contribution in [0, 0.1) is 0 Å². The van der Waals surface area contributed by atoms with E-state index in [9.17, 15) is 13.2 Å². The average Bonchev–Trinajstić information content (AvgIpc) is 2.78. The van der Waals surface area contributed by atoms with Crippen molar-refractivity contribution in [2.75, 3.05) is 29.1 Å². The number of rotatable bonds is 6. The molecule has 0 spiro atoms. The summed E-state index contributed by atoms with van der Waals surface area (Å²) in [5.41, 5.74) is 1.79. The second kappa shape index (κ2) is 9.51. The number of anilines is 2. The summed E-state index contributed by atoms with van der Waals surface area (Å²) in [5, 5.41) is 3.54. The van der Waals surface area contributed by atoms with Crippen LogP contribution in [0.3, 0.4) is 0 Å². The molecule has 10 heteroatoms. The topological polar surface area (TPSA) is 84.9 Å². The zero-order chi connectivity index (χ0) is 23.6. The fraction of sp³-hybridized carbons (Fsp3) is 0.174. The number of hydrogen-bond acceptors (Lipinski definition) is 5. The Kier molecular flexibility index (Phi) is 6.69. The molecule has 0 radical (unpaired) electrons. The van der Waals surface area contributed by atoms with Crippen LogP contribution in [0.5, 0.6) is 11.5 Å². The van der Waals surface area contributed by atoms with Gasteiger partial charge in [0.05, 0.1) is 18.5 Å². The maximum atomic E-state index is 12.7. The second-order valence-electron chi connectivity index (χ2n) is 7.33. The molecule has 3 aromatic rings. The lowest BCUT2D eigenvalue weighted by molar-refractivity contribution is 0.102. The summed E-state index contributed by atoms with van der Waals surface area (Å²) in [5.74, 6) is 0.845. The van der Waals surface area contributed by atoms with Gasteiger partial charge in [-0.15, -0.1) is 0 Å². The largest absolute Gasteiger partial charge is 0.486 e. The molecule has 0 atom stereocenters. The van der Waals surface area contributed by atoms with Gasteiger partial charge >= 0.3 is 0 Å². The first-order chi connectivity index (χ1) is 15.7. The molecule has 7 nitrogen and oxygen atoms in total. The van der Waals surface area contributed by atoms with Gasteiger partial charge in [-0.25, -0.2) is 8.42 Å². The first-order valence-electron chi connectivity index (χ1n) is 9.94. The lowest BCUT2D eigenvalue weighted by atomic mass is 10.1. The number of nitrogens with one attached hydrogen (secondary N) is 1. The third kappa shape index (κ3) is 5.35. The van der Waals surface area contributed by atoms with E-state index in [1.807, 2.05) is 0 Å². The minimum atomic E-state index is -3.65. The zero-order valence-electron chi connectivity index (χ0n) is 17.5. The van der Waals surface area contributed by atoms with Crippen molar-refractivity contribution in [3.63, 3.8) is 0 Å². The number of halogens is 2. The van der Waals surface area contributed by atoms with Crippen molar-refractivity contribution in [2.45, 2.75) is 6.54 Å². The number of carbonyl (C=O) groups excluding carboxylic acids is 1. The van der Waals surface area contributed by atoms with Crippen LogP contribution in [0.25, 0.3) is 0 Å². The van der Waals surface area contributed by atoms with E-state index in [2.05, 4.69) is 5.32 Å². The van der Waals surface area contributed by atoms with Crippen LogP contribution in [0.1, 0.15) is 15.9 Å². The minimum absolute atomic E-state index is 0.0416. The van der Waals surface area contributed by atoms with Crippen LogP contribution in [0.4, 0.5) is 11.4 Å². The van der Waals surface area contributed by atoms with Crippen molar-refractivity contribution in [1.29, 1.82) is 0 Å². The van der Waals surface area contributed by atoms with Crippen molar-refractivity contribution in [3.8, 4) is 11.5 Å². The molecule has 3 aromatic carbocycles. The van der Waals surface area contributed by atoms with Crippen molar-refractivity contribution in [1.82, 2.24) is 0 Å². The lowest BCUT2D eigenvalue weighted by Gasteiger charge is -2.24. The molecule has 0 saturated carbocycles. The van der Waals surface area contributed by atoms with Crippen LogP contribution in [-0.4, -0.2) is 33.8 Å². The van der Waals surface area contributed by atoms with E-state index in [-0.39, 0.29) is 12.5 Å². The fourth-order valence-electron chi connectivity index (χ4n) is 3.33. The number of sulfonamides is 1. The Bertz CT molecular complexity index is 1280. The summed E-state index contributed by atoms with van der Waals surface area (Å²) in [6, 6.07) is 16.4. The molecule has 0 unspecified atom stereocenters. The number of fused-ring (bicyclic) bond motifs is 1. The monoisotopic (exact) mass is 506 g/mol. The quantitative estimate of drug-likeness (QED) is 0.509. The van der Waals surface area contributed by atoms with E-state index < -0.39 is 10.0 Å². The summed E-state index contributed by atoms with van der Waals surface area (Å²) < 4.78 is 37.1. The van der Waals surface area contributed by atoms with E-state index >= 15 is 0 Å². The van der Waals surface area contributed by atoms with Gasteiger partial charge < -0.3 is 14.8 Å². The molecule has 172 valence electrons. The first-order valence-corrected chi connectivity index (χ1v) is 12.5. The van der Waals surface area contributed by atoms with Crippen LogP contribution in [-0.2, 0) is 16.6 Å². The fourth-order valence-corrected chi connectivity index (χ4v) is 4.72. The van der Waals surface area contributed by atoms with Crippen LogP contribution in [0.15, 0.2) is 60.7 Å². The van der Waals surface area contributed by atoms with Gasteiger partial charge in [0.1, 0.15) is 13.2 Å². The van der Waals surface area contributed by atoms with Gasteiger partial charge in [0, 0.05) is 32.9 Å². The first kappa shape index (κ1) is 23.2. The normalized spacial score (nSPS) is 12.8. The van der Waals surface area contributed by atoms with Gasteiger partial charge in [-0.2, -0.15) is 0 Å². The summed E-state index contributed by atoms with van der Waals surface area (Å²) in [4.78, 5) is 12.7. The molecule has 0 aromatic heterocycles. The van der Waals surface area contributed by atoms with Gasteiger partial charge in [-0.05, 0) is 48.5 Å². The Balaban J connectivity index is 1.53. The number of hydrogen-bond donors (Lipinski definition) is 1. The van der Waals surface area contributed by atoms with Crippen LogP contribution < -0.4 is 19.1 Å². The number of nitrogens with zero attached hydrogens (tertiary/aromatic N) is 1. The molecule has 0 saturated heterocycles. The maximum Gasteiger partial charge on any atom is 0.255 e. The molecule has 0 aliphatic carbocycles. The second-order valence-corrected chi connectivity index (χ2v) is 10.1. The minimum Gasteiger partial charge on any atom is -0.486 e. The van der Waals surface area contributed by atoms with Gasteiger partial charge in [0.15, 0.2) is 11.5 Å². The Morgan fingerprint density at radius 3 is 2.24 bits per heavy atom. The number of carbonyl (C=O) groups is 1. The van der Waals surface area contributed by atoms with Crippen molar-refractivity contribution in [2.24, 2.45) is 0 Å². The van der Waals surface area contributed by atoms with Gasteiger partial charge in [0.2, 0.25) is 10.0 Å². The highest BCUT2D eigenvalue weighted by Crippen LogP contribution is 2.33. The lowest BCUT2D eigenvalue weighted by Crippen LogP contribution is -2.29. The SMILES string of the molecule is CS(=O)(=O)N(Cc1c(Cl)cccc1Cl)c1ccc(C(=O)Nc2ccc3c(c2)OCCO3)cc1. The highest BCUT2D eigenvalue weighted by atomic mass is 35.5. The molecule has 0 fully saturated rings. The van der Waals surface area contributed by atoms with E-state index in [1.165, 1.54) is 4.31 Å². The maximum absolute atomic E-state index is 12.7. The molecule has 1 aliphatic heterocycles. The van der Waals surface area contributed by atoms with E-state index in [4.69, 9.17) is 32.7 Å². The summed E-state index contributed by atoms with van der Waals surface area (Å²) in [6.45, 7) is 0.889. The standard InChI is InChI=1S/C23H20Cl2N2O5S/c1-33(29,30)27(14-18-19(24)3-2-4-20(18)25)17-8-5-15(6-9-17)23(28)26-16-7-10-21-22(13-16)32-12-11-31-21/h2-10,13H,11-12,14H2,1H3,(H,26,28). The Morgan fingerprint density at radius 2 is 1.61 bits per heavy atom. The summed E-state index contributed by atoms with van der Waals surface area (Å²) >= 11 is 12.4. The zero-order valence-corrected chi connectivity index (χ0v) is 19.9. The van der Waals surface area contributed by atoms with E-state index in [0.29, 0.717) is 57.3 Å². The Hall–Kier alpha value is -2.94. The molecule has 1 amide bonds. The molecule has 33 heavy (non-hydrogen) atoms. The Morgan fingerprint density at radius 1 is 0.970 bits per heavy atom. The van der Waals surface area contributed by atoms with E-state index in [1.54, 1.807) is 60.7 Å². The predicted molar refractivity (Wildman–Crippen MR) is 129 cm³/mol. The summed E-state index contributed by atoms with van der Waals surface area (Å²) in [7, 11) is -3.65. The molecule has 4 rings (SSSR count). The third-order valence-corrected chi connectivity index (χ3v) is 6.83. The van der Waals surface area contributed by atoms with Gasteiger partial charge in [-0.1, -0.05) is 29.3 Å². The highest BCUT2D eigenvalue weighted by Gasteiger charge is 2.21. The highest BCUT2D eigenvalue weighted by molar-refractivity contribution is 7.92. The smallest absolute Gasteiger partial charge is 0.255 e. The van der Waals surface area contributed by atoms with Crippen molar-refractivity contribution >= 4 is 50.5 Å². The molecule has 1 aliphatic rings. The molecule has 1 N–H and O–H groups in total. The molecule has 0 bridgehead atoms. The number of ether oxygens (including phenoxy) is 2. The van der Waals surface area contributed by atoms with E-state index in [0.717, 1.165) is 6.26 Å². The average molecular weight is 507 g/mol. The van der Waals surface area contributed by atoms with Crippen LogP contribution >= 0.6 is 23.2 Å². The Labute approximate surface area is 201 Å². The van der Waals surface area contributed by atoms with Gasteiger partial charge in [0.25, 0.3) is 5.91 Å².